The van der Waals surface area contributed by atoms with Crippen molar-refractivity contribution in [1.29, 1.82) is 0 Å². The largest absolute Gasteiger partial charge is 0.354 e. The first-order valence-electron chi connectivity index (χ1n) is 9.78. The molecule has 2 amide bonds. The summed E-state index contributed by atoms with van der Waals surface area (Å²) < 4.78 is 0. The van der Waals surface area contributed by atoms with Gasteiger partial charge in [-0.2, -0.15) is 0 Å². The molecule has 1 aliphatic carbocycles. The zero-order valence-corrected chi connectivity index (χ0v) is 14.5. The second kappa shape index (κ2) is 7.00. The van der Waals surface area contributed by atoms with Crippen molar-refractivity contribution in [1.82, 2.24) is 20.4 Å². The van der Waals surface area contributed by atoms with E-state index in [1.165, 1.54) is 12.8 Å². The summed E-state index contributed by atoms with van der Waals surface area (Å²) in [5.41, 5.74) is 0. The average molecular weight is 334 g/mol. The first-order valence-corrected chi connectivity index (χ1v) is 9.78. The topological polar surface area (TPSA) is 64.7 Å². The number of carbonyl (C=O) groups excluding carboxylic acids is 2. The van der Waals surface area contributed by atoms with E-state index in [0.717, 1.165) is 64.8 Å². The van der Waals surface area contributed by atoms with Crippen molar-refractivity contribution in [3.05, 3.63) is 0 Å². The molecule has 3 unspecified atom stereocenters. The fourth-order valence-electron chi connectivity index (χ4n) is 4.60. The monoisotopic (exact) mass is 334 g/mol. The highest BCUT2D eigenvalue weighted by molar-refractivity contribution is 5.84. The van der Waals surface area contributed by atoms with E-state index in [-0.39, 0.29) is 18.0 Å². The van der Waals surface area contributed by atoms with Crippen LogP contribution in [0.4, 0.5) is 0 Å². The molecular formula is C18H30N4O2. The molecule has 0 aromatic heterocycles. The standard InChI is InChI=1S/C18H30N4O2/c23-17(15-4-1-8-19-15)20-11-13-3-2-9-21(12-13)16-7-10-22(18(16)24)14-5-6-14/h13-16,19H,1-12H2,(H,20,23). The molecule has 6 nitrogen and oxygen atoms in total. The van der Waals surface area contributed by atoms with Gasteiger partial charge in [0.1, 0.15) is 0 Å². The van der Waals surface area contributed by atoms with Crippen LogP contribution >= 0.6 is 0 Å². The van der Waals surface area contributed by atoms with E-state index in [1.807, 2.05) is 0 Å². The maximum absolute atomic E-state index is 12.6. The third-order valence-electron chi connectivity index (χ3n) is 6.13. The van der Waals surface area contributed by atoms with Gasteiger partial charge in [-0.25, -0.2) is 0 Å². The first-order chi connectivity index (χ1) is 11.7. The van der Waals surface area contributed by atoms with Gasteiger partial charge >= 0.3 is 0 Å². The van der Waals surface area contributed by atoms with E-state index < -0.39 is 0 Å². The van der Waals surface area contributed by atoms with Crippen LogP contribution in [0.2, 0.25) is 0 Å². The summed E-state index contributed by atoms with van der Waals surface area (Å²) in [6.45, 7) is 4.63. The summed E-state index contributed by atoms with van der Waals surface area (Å²) in [5.74, 6) is 0.991. The van der Waals surface area contributed by atoms with Gasteiger partial charge in [0.2, 0.25) is 11.8 Å². The minimum absolute atomic E-state index is 0.00760. The molecule has 0 spiro atoms. The van der Waals surface area contributed by atoms with Gasteiger partial charge in [0.05, 0.1) is 12.1 Å². The number of nitrogens with zero attached hydrogens (tertiary/aromatic N) is 2. The normalized spacial score (nSPS) is 34.8. The Morgan fingerprint density at radius 3 is 2.75 bits per heavy atom. The molecule has 6 heteroatoms. The number of rotatable bonds is 5. The highest BCUT2D eigenvalue weighted by Gasteiger charge is 2.43. The second-order valence-corrected chi connectivity index (χ2v) is 7.96. The zero-order valence-electron chi connectivity index (χ0n) is 14.5. The Bertz CT molecular complexity index is 487. The summed E-state index contributed by atoms with van der Waals surface area (Å²) >= 11 is 0. The van der Waals surface area contributed by atoms with Crippen LogP contribution in [0.3, 0.4) is 0 Å². The van der Waals surface area contributed by atoms with Crippen molar-refractivity contribution in [2.75, 3.05) is 32.7 Å². The Morgan fingerprint density at radius 2 is 2.00 bits per heavy atom. The lowest BCUT2D eigenvalue weighted by molar-refractivity contribution is -0.133. The van der Waals surface area contributed by atoms with Crippen LogP contribution in [-0.4, -0.2) is 72.5 Å². The molecule has 3 aliphatic heterocycles. The summed E-state index contributed by atoms with van der Waals surface area (Å²) in [6, 6.07) is 0.648. The molecule has 2 N–H and O–H groups in total. The molecule has 3 heterocycles. The van der Waals surface area contributed by atoms with Gasteiger partial charge in [0, 0.05) is 25.7 Å². The highest BCUT2D eigenvalue weighted by Crippen LogP contribution is 2.33. The number of amides is 2. The Balaban J connectivity index is 1.26. The van der Waals surface area contributed by atoms with Gasteiger partial charge in [-0.1, -0.05) is 0 Å². The molecule has 0 aromatic carbocycles. The van der Waals surface area contributed by atoms with Gasteiger partial charge in [0.15, 0.2) is 0 Å². The van der Waals surface area contributed by atoms with Gasteiger partial charge < -0.3 is 15.5 Å². The molecule has 4 rings (SSSR count). The van der Waals surface area contributed by atoms with Crippen molar-refractivity contribution in [3.63, 3.8) is 0 Å². The van der Waals surface area contributed by atoms with E-state index in [0.29, 0.717) is 17.9 Å². The summed E-state index contributed by atoms with van der Waals surface area (Å²) in [4.78, 5) is 29.3. The average Bonchev–Trinajstić information content (AvgIpc) is 3.14. The van der Waals surface area contributed by atoms with E-state index >= 15 is 0 Å². The van der Waals surface area contributed by atoms with Crippen molar-refractivity contribution < 1.29 is 9.59 Å². The maximum Gasteiger partial charge on any atom is 0.240 e. The van der Waals surface area contributed by atoms with Gasteiger partial charge in [0.25, 0.3) is 0 Å². The number of likely N-dealkylation sites (tertiary alicyclic amines) is 2. The van der Waals surface area contributed by atoms with E-state index in [2.05, 4.69) is 20.4 Å². The van der Waals surface area contributed by atoms with Crippen LogP contribution in [-0.2, 0) is 9.59 Å². The van der Waals surface area contributed by atoms with Crippen molar-refractivity contribution in [3.8, 4) is 0 Å². The lowest BCUT2D eigenvalue weighted by Gasteiger charge is -2.36. The number of hydrogen-bond acceptors (Lipinski definition) is 4. The van der Waals surface area contributed by atoms with E-state index in [4.69, 9.17) is 0 Å². The lowest BCUT2D eigenvalue weighted by atomic mass is 9.96. The third-order valence-corrected chi connectivity index (χ3v) is 6.13. The van der Waals surface area contributed by atoms with Crippen LogP contribution in [0.25, 0.3) is 0 Å². The van der Waals surface area contributed by atoms with Crippen molar-refractivity contribution in [2.24, 2.45) is 5.92 Å². The van der Waals surface area contributed by atoms with E-state index in [1.54, 1.807) is 0 Å². The van der Waals surface area contributed by atoms with Gasteiger partial charge in [-0.15, -0.1) is 0 Å². The molecule has 0 aromatic rings. The SMILES string of the molecule is O=C(NCC1CCCN(C2CCN(C3CC3)C2=O)C1)C1CCCN1. The smallest absolute Gasteiger partial charge is 0.240 e. The molecule has 134 valence electrons. The van der Waals surface area contributed by atoms with E-state index in [9.17, 15) is 9.59 Å². The van der Waals surface area contributed by atoms with Crippen LogP contribution in [0.15, 0.2) is 0 Å². The third kappa shape index (κ3) is 3.45. The number of piperidine rings is 1. The Hall–Kier alpha value is -1.14. The number of nitrogens with one attached hydrogen (secondary N) is 2. The number of hydrogen-bond donors (Lipinski definition) is 2. The van der Waals surface area contributed by atoms with Gasteiger partial charge in [-0.05, 0) is 64.0 Å². The van der Waals surface area contributed by atoms with Crippen molar-refractivity contribution in [2.45, 2.75) is 63.1 Å². The quantitative estimate of drug-likeness (QED) is 0.761. The van der Waals surface area contributed by atoms with Crippen LogP contribution in [0.5, 0.6) is 0 Å². The summed E-state index contributed by atoms with van der Waals surface area (Å²) in [6.07, 6.45) is 7.72. The molecular weight excluding hydrogens is 304 g/mol. The maximum atomic E-state index is 12.6. The van der Waals surface area contributed by atoms with Gasteiger partial charge in [-0.3, -0.25) is 14.5 Å². The molecule has 4 fully saturated rings. The van der Waals surface area contributed by atoms with Crippen LogP contribution < -0.4 is 10.6 Å². The molecule has 24 heavy (non-hydrogen) atoms. The van der Waals surface area contributed by atoms with Crippen LogP contribution in [0, 0.1) is 5.92 Å². The molecule has 0 radical (unpaired) electrons. The molecule has 3 saturated heterocycles. The first kappa shape index (κ1) is 16.3. The predicted molar refractivity (Wildman–Crippen MR) is 91.5 cm³/mol. The summed E-state index contributed by atoms with van der Waals surface area (Å²) in [5, 5.41) is 6.38. The Kier molecular flexibility index (Phi) is 4.77. The fraction of sp³-hybridized carbons (Fsp3) is 0.889. The fourth-order valence-corrected chi connectivity index (χ4v) is 4.60. The minimum atomic E-state index is 0.00760. The Labute approximate surface area is 144 Å². The van der Waals surface area contributed by atoms with Crippen molar-refractivity contribution >= 4 is 11.8 Å². The van der Waals surface area contributed by atoms with Crippen LogP contribution in [0.1, 0.15) is 44.9 Å². The highest BCUT2D eigenvalue weighted by atomic mass is 16.2. The number of carbonyl (C=O) groups is 2. The molecule has 4 aliphatic rings. The Morgan fingerprint density at radius 1 is 1.12 bits per heavy atom. The molecule has 3 atom stereocenters. The molecule has 0 bridgehead atoms. The summed E-state index contributed by atoms with van der Waals surface area (Å²) in [7, 11) is 0. The molecule has 1 saturated carbocycles. The zero-order chi connectivity index (χ0) is 16.5. The predicted octanol–water partition coefficient (Wildman–Crippen LogP) is 0.330. The lowest BCUT2D eigenvalue weighted by Crippen LogP contribution is -2.50. The second-order valence-electron chi connectivity index (χ2n) is 7.96. The minimum Gasteiger partial charge on any atom is -0.354 e.